The predicted octanol–water partition coefficient (Wildman–Crippen LogP) is 2.69. The van der Waals surface area contributed by atoms with Gasteiger partial charge in [0.25, 0.3) is 5.91 Å². The Bertz CT molecular complexity index is 659. The Hall–Kier alpha value is -2.44. The first-order valence-electron chi connectivity index (χ1n) is 6.47. The highest BCUT2D eigenvalue weighted by Gasteiger charge is 2.16. The van der Waals surface area contributed by atoms with Crippen LogP contribution in [0.15, 0.2) is 18.3 Å². The fraction of sp³-hybridized carbons (Fsp3) is 0.286. The third-order valence-corrected chi connectivity index (χ3v) is 2.92. The quantitative estimate of drug-likeness (QED) is 0.911. The molecule has 5 nitrogen and oxygen atoms in total. The molecule has 2 N–H and O–H groups in total. The molecule has 1 amide bonds. The maximum absolute atomic E-state index is 13.8. The molecule has 0 aliphatic heterocycles. The van der Waals surface area contributed by atoms with Crippen molar-refractivity contribution in [1.29, 1.82) is 0 Å². The number of hydrogen-bond acceptors (Lipinski definition) is 3. The molecule has 21 heavy (non-hydrogen) atoms. The monoisotopic (exact) mass is 294 g/mol. The van der Waals surface area contributed by atoms with E-state index in [4.69, 9.17) is 0 Å². The minimum absolute atomic E-state index is 0.0880. The largest absolute Gasteiger partial charge is 0.381 e. The van der Waals surface area contributed by atoms with E-state index in [0.29, 0.717) is 17.9 Å². The van der Waals surface area contributed by atoms with Crippen LogP contribution in [0.1, 0.15) is 23.0 Å². The second-order valence-corrected chi connectivity index (χ2v) is 4.60. The number of carbonyl (C=O) groups excluding carboxylic acids is 1. The standard InChI is InChI=1S/C14H16F2N4O/c1-4-17-13-10(15)5-9(6-11(13)16)14(21)18-12-7-20(3)19-8(12)2/h5-7,17H,4H2,1-3H3,(H,18,21). The van der Waals surface area contributed by atoms with Crippen molar-refractivity contribution in [3.05, 3.63) is 41.2 Å². The third kappa shape index (κ3) is 3.18. The second-order valence-electron chi connectivity index (χ2n) is 4.60. The minimum atomic E-state index is -0.801. The molecule has 0 bridgehead atoms. The smallest absolute Gasteiger partial charge is 0.255 e. The summed E-state index contributed by atoms with van der Waals surface area (Å²) < 4.78 is 29.1. The van der Waals surface area contributed by atoms with E-state index in [1.807, 2.05) is 0 Å². The molecule has 0 saturated heterocycles. The molecule has 1 aromatic carbocycles. The summed E-state index contributed by atoms with van der Waals surface area (Å²) in [5.41, 5.74) is 0.802. The average molecular weight is 294 g/mol. The number of aromatic nitrogens is 2. The molecule has 0 spiro atoms. The van der Waals surface area contributed by atoms with Gasteiger partial charge in [0.1, 0.15) is 17.3 Å². The molecule has 1 heterocycles. The lowest BCUT2D eigenvalue weighted by molar-refractivity contribution is 0.102. The summed E-state index contributed by atoms with van der Waals surface area (Å²) in [6.45, 7) is 3.84. The van der Waals surface area contributed by atoms with Crippen molar-refractivity contribution in [1.82, 2.24) is 9.78 Å². The van der Waals surface area contributed by atoms with Gasteiger partial charge < -0.3 is 10.6 Å². The normalized spacial score (nSPS) is 10.5. The molecule has 112 valence electrons. The Balaban J connectivity index is 2.26. The number of rotatable bonds is 4. The van der Waals surface area contributed by atoms with Crippen molar-refractivity contribution in [2.45, 2.75) is 13.8 Å². The van der Waals surface area contributed by atoms with Gasteiger partial charge in [-0.15, -0.1) is 0 Å². The Kier molecular flexibility index (Phi) is 4.21. The predicted molar refractivity (Wildman–Crippen MR) is 76.4 cm³/mol. The molecule has 0 saturated carbocycles. The van der Waals surface area contributed by atoms with Gasteiger partial charge in [0.05, 0.1) is 11.4 Å². The van der Waals surface area contributed by atoms with Crippen molar-refractivity contribution in [2.24, 2.45) is 7.05 Å². The van der Waals surface area contributed by atoms with Gasteiger partial charge in [-0.25, -0.2) is 8.78 Å². The van der Waals surface area contributed by atoms with Crippen LogP contribution < -0.4 is 10.6 Å². The molecule has 0 aliphatic rings. The third-order valence-electron chi connectivity index (χ3n) is 2.92. The van der Waals surface area contributed by atoms with Crippen LogP contribution in [0, 0.1) is 18.6 Å². The highest BCUT2D eigenvalue weighted by molar-refractivity contribution is 6.04. The maximum Gasteiger partial charge on any atom is 0.255 e. The highest BCUT2D eigenvalue weighted by Crippen LogP contribution is 2.22. The van der Waals surface area contributed by atoms with Crippen LogP contribution in [0.4, 0.5) is 20.2 Å². The van der Waals surface area contributed by atoms with Gasteiger partial charge in [-0.3, -0.25) is 9.48 Å². The average Bonchev–Trinajstić information content (AvgIpc) is 2.72. The van der Waals surface area contributed by atoms with Crippen LogP contribution in [0.25, 0.3) is 0 Å². The maximum atomic E-state index is 13.8. The van der Waals surface area contributed by atoms with E-state index in [1.165, 1.54) is 0 Å². The summed E-state index contributed by atoms with van der Waals surface area (Å²) in [4.78, 5) is 12.0. The number of amides is 1. The number of benzene rings is 1. The second kappa shape index (κ2) is 5.90. The Morgan fingerprint density at radius 1 is 1.33 bits per heavy atom. The van der Waals surface area contributed by atoms with E-state index in [9.17, 15) is 13.6 Å². The summed E-state index contributed by atoms with van der Waals surface area (Å²) >= 11 is 0. The van der Waals surface area contributed by atoms with Crippen molar-refractivity contribution in [2.75, 3.05) is 17.2 Å². The minimum Gasteiger partial charge on any atom is -0.381 e. The molecular formula is C14H16F2N4O. The number of aryl methyl sites for hydroxylation is 2. The van der Waals surface area contributed by atoms with Crippen LogP contribution in [0.5, 0.6) is 0 Å². The molecule has 7 heteroatoms. The van der Waals surface area contributed by atoms with Crippen LogP contribution in [-0.2, 0) is 7.05 Å². The fourth-order valence-corrected chi connectivity index (χ4v) is 1.97. The number of hydrogen-bond donors (Lipinski definition) is 2. The van der Waals surface area contributed by atoms with Crippen molar-refractivity contribution >= 4 is 17.3 Å². The van der Waals surface area contributed by atoms with Gasteiger partial charge in [0.15, 0.2) is 0 Å². The lowest BCUT2D eigenvalue weighted by Crippen LogP contribution is -2.14. The lowest BCUT2D eigenvalue weighted by atomic mass is 10.1. The fourth-order valence-electron chi connectivity index (χ4n) is 1.97. The van der Waals surface area contributed by atoms with Gasteiger partial charge >= 0.3 is 0 Å². The first kappa shape index (κ1) is 15.0. The first-order chi connectivity index (χ1) is 9.92. The van der Waals surface area contributed by atoms with E-state index in [2.05, 4.69) is 15.7 Å². The molecule has 0 radical (unpaired) electrons. The molecular weight excluding hydrogens is 278 g/mol. The molecule has 0 aliphatic carbocycles. The molecule has 2 aromatic rings. The zero-order valence-electron chi connectivity index (χ0n) is 12.0. The van der Waals surface area contributed by atoms with E-state index in [-0.39, 0.29) is 11.3 Å². The molecule has 0 atom stereocenters. The molecule has 0 fully saturated rings. The van der Waals surface area contributed by atoms with Gasteiger partial charge in [-0.2, -0.15) is 5.10 Å². The van der Waals surface area contributed by atoms with Crippen LogP contribution in [0.3, 0.4) is 0 Å². The topological polar surface area (TPSA) is 59.0 Å². The lowest BCUT2D eigenvalue weighted by Gasteiger charge is -2.09. The van der Waals surface area contributed by atoms with Gasteiger partial charge in [-0.05, 0) is 26.0 Å². The van der Waals surface area contributed by atoms with Crippen molar-refractivity contribution in [3.63, 3.8) is 0 Å². The summed E-state index contributed by atoms with van der Waals surface area (Å²) in [7, 11) is 1.72. The zero-order chi connectivity index (χ0) is 15.6. The van der Waals surface area contributed by atoms with E-state index < -0.39 is 17.5 Å². The van der Waals surface area contributed by atoms with Crippen LogP contribution >= 0.6 is 0 Å². The van der Waals surface area contributed by atoms with E-state index >= 15 is 0 Å². The van der Waals surface area contributed by atoms with Gasteiger partial charge in [-0.1, -0.05) is 0 Å². The Morgan fingerprint density at radius 2 is 1.95 bits per heavy atom. The summed E-state index contributed by atoms with van der Waals surface area (Å²) in [6, 6.07) is 2.00. The Labute approximate surface area is 121 Å². The first-order valence-corrected chi connectivity index (χ1v) is 6.47. The molecule has 1 aromatic heterocycles. The zero-order valence-corrected chi connectivity index (χ0v) is 12.0. The van der Waals surface area contributed by atoms with E-state index in [1.54, 1.807) is 31.8 Å². The molecule has 0 unspecified atom stereocenters. The number of nitrogens with one attached hydrogen (secondary N) is 2. The summed E-state index contributed by atoms with van der Waals surface area (Å²) in [5, 5.41) is 9.23. The summed E-state index contributed by atoms with van der Waals surface area (Å²) in [5.74, 6) is -2.19. The number of halogens is 2. The number of nitrogens with zero attached hydrogens (tertiary/aromatic N) is 2. The number of anilines is 2. The SMILES string of the molecule is CCNc1c(F)cc(C(=O)Nc2cn(C)nc2C)cc1F. The van der Waals surface area contributed by atoms with Crippen LogP contribution in [-0.4, -0.2) is 22.2 Å². The van der Waals surface area contributed by atoms with Gasteiger partial charge in [0, 0.05) is 25.4 Å². The Morgan fingerprint density at radius 3 is 2.43 bits per heavy atom. The molecule has 2 rings (SSSR count). The van der Waals surface area contributed by atoms with Crippen LogP contribution in [0.2, 0.25) is 0 Å². The number of carbonyl (C=O) groups is 1. The highest BCUT2D eigenvalue weighted by atomic mass is 19.1. The van der Waals surface area contributed by atoms with E-state index in [0.717, 1.165) is 12.1 Å². The summed E-state index contributed by atoms with van der Waals surface area (Å²) in [6.07, 6.45) is 1.62. The van der Waals surface area contributed by atoms with Crippen molar-refractivity contribution < 1.29 is 13.6 Å². The van der Waals surface area contributed by atoms with Crippen molar-refractivity contribution in [3.8, 4) is 0 Å². The van der Waals surface area contributed by atoms with Gasteiger partial charge in [0.2, 0.25) is 0 Å².